The molecule has 1 heterocycles. The molecule has 0 aromatic heterocycles. The number of ether oxygens (including phenoxy) is 2. The molecule has 1 fully saturated rings. The van der Waals surface area contributed by atoms with Crippen LogP contribution in [0.1, 0.15) is 5.56 Å². The Hall–Kier alpha value is -2.62. The van der Waals surface area contributed by atoms with E-state index in [-0.39, 0.29) is 11.5 Å². The Kier molecular flexibility index (Phi) is 5.39. The molecule has 0 aliphatic carbocycles. The van der Waals surface area contributed by atoms with Gasteiger partial charge < -0.3 is 35.0 Å². The molecule has 5 N–H and O–H groups in total. The highest BCUT2D eigenvalue weighted by atomic mass is 16.6. The van der Waals surface area contributed by atoms with Crippen molar-refractivity contribution < 1.29 is 44.6 Å². The third-order valence-corrected chi connectivity index (χ3v) is 3.34. The second kappa shape index (κ2) is 7.30. The van der Waals surface area contributed by atoms with Crippen molar-refractivity contribution in [3.8, 4) is 11.5 Å². The summed E-state index contributed by atoms with van der Waals surface area (Å²) in [6, 6.07) is 3.92. The summed E-state index contributed by atoms with van der Waals surface area (Å²) in [5.41, 5.74) is 0.422. The minimum Gasteiger partial charge on any atom is -0.504 e. The normalized spacial score (nSPS) is 24.8. The Bertz CT molecular complexity index is 654. The summed E-state index contributed by atoms with van der Waals surface area (Å²) < 4.78 is 9.32. The molecule has 0 amide bonds. The first-order chi connectivity index (χ1) is 11.3. The van der Waals surface area contributed by atoms with Crippen LogP contribution in [-0.2, 0) is 19.1 Å². The molecule has 1 aliphatic heterocycles. The van der Waals surface area contributed by atoms with Gasteiger partial charge >= 0.3 is 11.9 Å². The molecule has 130 valence electrons. The van der Waals surface area contributed by atoms with Gasteiger partial charge in [-0.3, -0.25) is 0 Å². The predicted molar refractivity (Wildman–Crippen MR) is 77.7 cm³/mol. The highest BCUT2D eigenvalue weighted by molar-refractivity contribution is 5.87. The quantitative estimate of drug-likeness (QED) is 0.249. The van der Waals surface area contributed by atoms with Crippen LogP contribution in [0.4, 0.5) is 0 Å². The van der Waals surface area contributed by atoms with Gasteiger partial charge in [-0.25, -0.2) is 9.59 Å². The van der Waals surface area contributed by atoms with Crippen molar-refractivity contribution >= 4 is 18.0 Å². The summed E-state index contributed by atoms with van der Waals surface area (Å²) in [5.74, 6) is -2.55. The minimum atomic E-state index is -1.75. The van der Waals surface area contributed by atoms with Gasteiger partial charge in [-0.15, -0.1) is 0 Å². The summed E-state index contributed by atoms with van der Waals surface area (Å²) in [4.78, 5) is 22.6. The maximum Gasteiger partial charge on any atom is 0.338 e. The van der Waals surface area contributed by atoms with Crippen LogP contribution in [0.15, 0.2) is 24.3 Å². The van der Waals surface area contributed by atoms with Gasteiger partial charge in [0.05, 0.1) is 0 Å². The Morgan fingerprint density at radius 3 is 2.58 bits per heavy atom. The Balaban J connectivity index is 1.85. The van der Waals surface area contributed by atoms with Crippen molar-refractivity contribution in [3.05, 3.63) is 29.8 Å². The fourth-order valence-electron chi connectivity index (χ4n) is 2.02. The van der Waals surface area contributed by atoms with E-state index in [2.05, 4.69) is 4.74 Å². The number of aromatic hydroxyl groups is 2. The minimum absolute atomic E-state index is 0.301. The number of phenols is 2. The molecule has 0 spiro atoms. The zero-order valence-corrected chi connectivity index (χ0v) is 12.3. The number of aliphatic hydroxyl groups is 3. The summed E-state index contributed by atoms with van der Waals surface area (Å²) in [5, 5.41) is 47.0. The van der Waals surface area contributed by atoms with Gasteiger partial charge in [-0.05, 0) is 23.8 Å². The molecule has 2 unspecified atom stereocenters. The predicted octanol–water partition coefficient (Wildman–Crippen LogP) is -1.34. The number of hydrogen-bond donors (Lipinski definition) is 5. The monoisotopic (exact) mass is 340 g/mol. The highest BCUT2D eigenvalue weighted by Crippen LogP contribution is 2.25. The molecule has 1 aliphatic rings. The van der Waals surface area contributed by atoms with Gasteiger partial charge in [0.2, 0.25) is 0 Å². The molecule has 24 heavy (non-hydrogen) atoms. The zero-order chi connectivity index (χ0) is 17.9. The first-order valence-corrected chi connectivity index (χ1v) is 6.91. The third-order valence-electron chi connectivity index (χ3n) is 3.34. The highest BCUT2D eigenvalue weighted by Gasteiger charge is 2.46. The molecule has 1 aromatic rings. The lowest BCUT2D eigenvalue weighted by molar-refractivity contribution is -0.154. The number of carbonyl (C=O) groups is 2. The topological polar surface area (TPSA) is 154 Å². The first kappa shape index (κ1) is 17.7. The number of aliphatic hydroxyl groups excluding tert-OH is 3. The number of esters is 2. The van der Waals surface area contributed by atoms with E-state index < -0.39 is 43.0 Å². The molecule has 1 saturated heterocycles. The van der Waals surface area contributed by atoms with Gasteiger partial charge in [0.15, 0.2) is 23.7 Å². The van der Waals surface area contributed by atoms with Gasteiger partial charge in [-0.2, -0.15) is 0 Å². The number of cyclic esters (lactones) is 1. The van der Waals surface area contributed by atoms with Crippen molar-refractivity contribution in [2.75, 3.05) is 6.61 Å². The maximum atomic E-state index is 11.5. The van der Waals surface area contributed by atoms with Crippen LogP contribution >= 0.6 is 0 Å². The molecule has 9 heteroatoms. The third kappa shape index (κ3) is 4.02. The lowest BCUT2D eigenvalue weighted by Crippen LogP contribution is -2.41. The SMILES string of the molecule is O=C(/C=C/c1ccc(O)c(O)c1)OCC(O)C1OC(=O)[C@H](O)[C@H]1O. The van der Waals surface area contributed by atoms with E-state index in [1.165, 1.54) is 24.3 Å². The molecule has 0 saturated carbocycles. The second-order valence-corrected chi connectivity index (χ2v) is 5.12. The fraction of sp³-hybridized carbons (Fsp3) is 0.333. The van der Waals surface area contributed by atoms with Crippen molar-refractivity contribution in [2.24, 2.45) is 0 Å². The lowest BCUT2D eigenvalue weighted by atomic mass is 10.1. The number of benzene rings is 1. The molecule has 9 nitrogen and oxygen atoms in total. The largest absolute Gasteiger partial charge is 0.504 e. The molecule has 0 bridgehead atoms. The first-order valence-electron chi connectivity index (χ1n) is 6.91. The number of carbonyl (C=O) groups excluding carboxylic acids is 2. The van der Waals surface area contributed by atoms with E-state index >= 15 is 0 Å². The number of hydrogen-bond acceptors (Lipinski definition) is 9. The lowest BCUT2D eigenvalue weighted by Gasteiger charge is -2.19. The smallest absolute Gasteiger partial charge is 0.338 e. The maximum absolute atomic E-state index is 11.5. The van der Waals surface area contributed by atoms with Crippen LogP contribution in [0.3, 0.4) is 0 Å². The zero-order valence-electron chi connectivity index (χ0n) is 12.3. The van der Waals surface area contributed by atoms with Crippen molar-refractivity contribution in [2.45, 2.75) is 24.4 Å². The number of phenolic OH excluding ortho intramolecular Hbond substituents is 2. The van der Waals surface area contributed by atoms with Crippen LogP contribution < -0.4 is 0 Å². The summed E-state index contributed by atoms with van der Waals surface area (Å²) in [6.07, 6.45) is -3.93. The van der Waals surface area contributed by atoms with Gasteiger partial charge in [0.25, 0.3) is 0 Å². The standard InChI is InChI=1S/C15H16O9/c16-8-3-1-7(5-9(8)17)2-4-11(19)23-6-10(18)14-12(20)13(21)15(22)24-14/h1-5,10,12-14,16-18,20-21H,6H2/b4-2+/t10?,12-,13-,14?/m1/s1. The van der Waals surface area contributed by atoms with Crippen LogP contribution in [0, 0.1) is 0 Å². The van der Waals surface area contributed by atoms with Gasteiger partial charge in [0.1, 0.15) is 18.8 Å². The number of rotatable bonds is 5. The van der Waals surface area contributed by atoms with Crippen molar-refractivity contribution in [1.29, 1.82) is 0 Å². The molecule has 1 aromatic carbocycles. The van der Waals surface area contributed by atoms with Crippen molar-refractivity contribution in [1.82, 2.24) is 0 Å². The Labute approximate surface area is 136 Å². The van der Waals surface area contributed by atoms with Crippen LogP contribution in [0.2, 0.25) is 0 Å². The second-order valence-electron chi connectivity index (χ2n) is 5.12. The van der Waals surface area contributed by atoms with E-state index in [9.17, 15) is 30.0 Å². The van der Waals surface area contributed by atoms with Crippen molar-refractivity contribution in [3.63, 3.8) is 0 Å². The van der Waals surface area contributed by atoms with Crippen LogP contribution in [-0.4, -0.2) is 68.5 Å². The van der Waals surface area contributed by atoms with E-state index in [0.29, 0.717) is 5.56 Å². The molecular weight excluding hydrogens is 324 g/mol. The van der Waals surface area contributed by atoms with E-state index in [1.807, 2.05) is 0 Å². The van der Waals surface area contributed by atoms with Gasteiger partial charge in [0, 0.05) is 6.08 Å². The summed E-state index contributed by atoms with van der Waals surface area (Å²) in [6.45, 7) is -0.564. The van der Waals surface area contributed by atoms with E-state index in [1.54, 1.807) is 0 Å². The molecular formula is C15H16O9. The molecule has 4 atom stereocenters. The van der Waals surface area contributed by atoms with Crippen LogP contribution in [0.25, 0.3) is 6.08 Å². The van der Waals surface area contributed by atoms with Gasteiger partial charge in [-0.1, -0.05) is 6.07 Å². The van der Waals surface area contributed by atoms with E-state index in [4.69, 9.17) is 9.84 Å². The fourth-order valence-corrected chi connectivity index (χ4v) is 2.02. The molecule has 0 radical (unpaired) electrons. The van der Waals surface area contributed by atoms with E-state index in [0.717, 1.165) is 6.08 Å². The Morgan fingerprint density at radius 2 is 2.00 bits per heavy atom. The summed E-state index contributed by atoms with van der Waals surface area (Å²) >= 11 is 0. The summed E-state index contributed by atoms with van der Waals surface area (Å²) in [7, 11) is 0. The average Bonchev–Trinajstić information content (AvgIpc) is 2.81. The molecule has 2 rings (SSSR count). The van der Waals surface area contributed by atoms with Crippen LogP contribution in [0.5, 0.6) is 11.5 Å². The average molecular weight is 340 g/mol. The Morgan fingerprint density at radius 1 is 1.29 bits per heavy atom.